The fraction of sp³-hybridized carbons (Fsp3) is 0.400. The largest absolute Gasteiger partial charge is 0.493 e. The summed E-state index contributed by atoms with van der Waals surface area (Å²) in [7, 11) is 2.90. The van der Waals surface area contributed by atoms with Gasteiger partial charge in [0.25, 0.3) is 5.91 Å². The Hall–Kier alpha value is -2.54. The van der Waals surface area contributed by atoms with E-state index in [1.807, 2.05) is 12.1 Å². The molecular formula is C20H23NO5S. The highest BCUT2D eigenvalue weighted by molar-refractivity contribution is 7.17. The third-order valence-corrected chi connectivity index (χ3v) is 5.75. The van der Waals surface area contributed by atoms with E-state index in [1.165, 1.54) is 18.4 Å². The summed E-state index contributed by atoms with van der Waals surface area (Å²) in [6, 6.07) is 7.15. The maximum atomic E-state index is 12.7. The van der Waals surface area contributed by atoms with Crippen molar-refractivity contribution in [3.05, 3.63) is 40.3 Å². The van der Waals surface area contributed by atoms with E-state index >= 15 is 0 Å². The summed E-state index contributed by atoms with van der Waals surface area (Å²) in [4.78, 5) is 26.1. The zero-order valence-corrected chi connectivity index (χ0v) is 16.5. The molecule has 6 nitrogen and oxygen atoms in total. The summed E-state index contributed by atoms with van der Waals surface area (Å²) in [5.74, 6) is 0.299. The van der Waals surface area contributed by atoms with Crippen molar-refractivity contribution in [3.63, 3.8) is 0 Å². The number of amides is 1. The summed E-state index contributed by atoms with van der Waals surface area (Å²) < 4.78 is 15.9. The number of nitrogens with one attached hydrogen (secondary N) is 1. The van der Waals surface area contributed by atoms with E-state index in [-0.39, 0.29) is 5.91 Å². The molecule has 144 valence electrons. The van der Waals surface area contributed by atoms with Gasteiger partial charge in [-0.2, -0.15) is 0 Å². The highest BCUT2D eigenvalue weighted by Crippen LogP contribution is 2.38. The van der Waals surface area contributed by atoms with Gasteiger partial charge in [-0.15, -0.1) is 11.3 Å². The molecule has 2 aromatic rings. The number of esters is 1. The Balaban J connectivity index is 1.79. The fourth-order valence-corrected chi connectivity index (χ4v) is 4.43. The standard InChI is InChI=1S/C20H23NO5S/c1-12(26-15-10-6-5-9-14(15)24-2)18(22)21-19-17(20(23)25-3)13-8-4-7-11-16(13)27-19/h5-6,9-10,12H,4,7-8,11H2,1-3H3,(H,21,22). The fourth-order valence-electron chi connectivity index (χ4n) is 3.15. The smallest absolute Gasteiger partial charge is 0.341 e. The number of para-hydroxylation sites is 2. The van der Waals surface area contributed by atoms with Crippen molar-refractivity contribution in [1.29, 1.82) is 0 Å². The van der Waals surface area contributed by atoms with Gasteiger partial charge in [0.2, 0.25) is 0 Å². The van der Waals surface area contributed by atoms with E-state index < -0.39 is 12.1 Å². The molecule has 1 amide bonds. The third kappa shape index (κ3) is 4.08. The Morgan fingerprint density at radius 3 is 2.52 bits per heavy atom. The van der Waals surface area contributed by atoms with Crippen LogP contribution in [0, 0.1) is 0 Å². The maximum absolute atomic E-state index is 12.7. The Morgan fingerprint density at radius 2 is 1.81 bits per heavy atom. The molecule has 0 aliphatic heterocycles. The molecule has 3 rings (SSSR count). The molecule has 1 aromatic carbocycles. The van der Waals surface area contributed by atoms with Gasteiger partial charge in [-0.3, -0.25) is 4.79 Å². The van der Waals surface area contributed by atoms with Crippen LogP contribution in [0.25, 0.3) is 0 Å². The van der Waals surface area contributed by atoms with Crippen molar-refractivity contribution in [2.45, 2.75) is 38.7 Å². The number of rotatable bonds is 6. The molecule has 27 heavy (non-hydrogen) atoms. The van der Waals surface area contributed by atoms with Crippen LogP contribution in [0.1, 0.15) is 40.6 Å². The number of hydrogen-bond donors (Lipinski definition) is 1. The first-order valence-corrected chi connectivity index (χ1v) is 9.70. The average Bonchev–Trinajstić information content (AvgIpc) is 3.05. The highest BCUT2D eigenvalue weighted by atomic mass is 32.1. The van der Waals surface area contributed by atoms with Crippen LogP contribution in [0.5, 0.6) is 11.5 Å². The predicted octanol–water partition coefficient (Wildman–Crippen LogP) is 3.83. The Labute approximate surface area is 162 Å². The lowest BCUT2D eigenvalue weighted by Crippen LogP contribution is -2.30. The number of aryl methyl sites for hydroxylation is 1. The summed E-state index contributed by atoms with van der Waals surface area (Å²) >= 11 is 1.45. The lowest BCUT2D eigenvalue weighted by atomic mass is 9.95. The molecule has 1 aromatic heterocycles. The first-order chi connectivity index (χ1) is 13.0. The normalized spacial score (nSPS) is 14.0. The van der Waals surface area contributed by atoms with Crippen molar-refractivity contribution >= 4 is 28.2 Å². The molecule has 0 saturated carbocycles. The number of carbonyl (C=O) groups excluding carboxylic acids is 2. The Morgan fingerprint density at radius 1 is 1.11 bits per heavy atom. The molecule has 1 unspecified atom stereocenters. The van der Waals surface area contributed by atoms with Crippen LogP contribution in [0.2, 0.25) is 0 Å². The number of ether oxygens (including phenoxy) is 3. The molecule has 0 spiro atoms. The minimum atomic E-state index is -0.758. The number of benzene rings is 1. The number of methoxy groups -OCH3 is 2. The van der Waals surface area contributed by atoms with Gasteiger partial charge in [0.15, 0.2) is 17.6 Å². The molecule has 1 heterocycles. The van der Waals surface area contributed by atoms with E-state index in [2.05, 4.69) is 5.32 Å². The molecule has 0 saturated heterocycles. The van der Waals surface area contributed by atoms with Gasteiger partial charge < -0.3 is 19.5 Å². The molecule has 0 radical (unpaired) electrons. The highest BCUT2D eigenvalue weighted by Gasteiger charge is 2.28. The van der Waals surface area contributed by atoms with Gasteiger partial charge >= 0.3 is 5.97 Å². The maximum Gasteiger partial charge on any atom is 0.341 e. The van der Waals surface area contributed by atoms with Crippen LogP contribution in [0.3, 0.4) is 0 Å². The van der Waals surface area contributed by atoms with Crippen molar-refractivity contribution in [3.8, 4) is 11.5 Å². The van der Waals surface area contributed by atoms with E-state index in [0.717, 1.165) is 36.1 Å². The summed E-state index contributed by atoms with van der Waals surface area (Å²) in [5, 5.41) is 3.39. The number of thiophene rings is 1. The Kier molecular flexibility index (Phi) is 6.01. The second-order valence-corrected chi connectivity index (χ2v) is 7.41. The monoisotopic (exact) mass is 389 g/mol. The lowest BCUT2D eigenvalue weighted by molar-refractivity contribution is -0.122. The van der Waals surface area contributed by atoms with Crippen molar-refractivity contribution in [1.82, 2.24) is 0 Å². The van der Waals surface area contributed by atoms with Crippen LogP contribution >= 0.6 is 11.3 Å². The van der Waals surface area contributed by atoms with E-state index in [0.29, 0.717) is 22.1 Å². The second kappa shape index (κ2) is 8.43. The lowest BCUT2D eigenvalue weighted by Gasteiger charge is -2.16. The van der Waals surface area contributed by atoms with Crippen LogP contribution < -0.4 is 14.8 Å². The van der Waals surface area contributed by atoms with Crippen molar-refractivity contribution in [2.24, 2.45) is 0 Å². The molecule has 1 aliphatic carbocycles. The SMILES string of the molecule is COC(=O)c1c(NC(=O)C(C)Oc2ccccc2OC)sc2c1CCCC2. The number of carbonyl (C=O) groups is 2. The van der Waals surface area contributed by atoms with Gasteiger partial charge in [-0.25, -0.2) is 4.79 Å². The molecule has 0 fully saturated rings. The van der Waals surface area contributed by atoms with Gasteiger partial charge in [-0.1, -0.05) is 12.1 Å². The summed E-state index contributed by atoms with van der Waals surface area (Å²) in [6.07, 6.45) is 3.13. The van der Waals surface area contributed by atoms with Gasteiger partial charge in [0, 0.05) is 4.88 Å². The summed E-state index contributed by atoms with van der Waals surface area (Å²) in [5.41, 5.74) is 1.49. The van der Waals surface area contributed by atoms with Crippen LogP contribution in [-0.4, -0.2) is 32.2 Å². The molecule has 0 bridgehead atoms. The minimum Gasteiger partial charge on any atom is -0.493 e. The first-order valence-electron chi connectivity index (χ1n) is 8.88. The van der Waals surface area contributed by atoms with E-state index in [1.54, 1.807) is 26.2 Å². The van der Waals surface area contributed by atoms with Crippen LogP contribution in [0.4, 0.5) is 5.00 Å². The molecular weight excluding hydrogens is 366 g/mol. The van der Waals surface area contributed by atoms with Gasteiger partial charge in [0.1, 0.15) is 5.00 Å². The van der Waals surface area contributed by atoms with E-state index in [4.69, 9.17) is 14.2 Å². The molecule has 1 atom stereocenters. The average molecular weight is 389 g/mol. The number of fused-ring (bicyclic) bond motifs is 1. The minimum absolute atomic E-state index is 0.329. The second-order valence-electron chi connectivity index (χ2n) is 6.31. The zero-order chi connectivity index (χ0) is 19.4. The third-order valence-electron chi connectivity index (χ3n) is 4.54. The number of hydrogen-bond acceptors (Lipinski definition) is 6. The van der Waals surface area contributed by atoms with Gasteiger partial charge in [0.05, 0.1) is 19.8 Å². The van der Waals surface area contributed by atoms with Crippen molar-refractivity contribution < 1.29 is 23.8 Å². The van der Waals surface area contributed by atoms with Gasteiger partial charge in [-0.05, 0) is 50.3 Å². The first kappa shape index (κ1) is 19.2. The molecule has 7 heteroatoms. The molecule has 1 aliphatic rings. The van der Waals surface area contributed by atoms with E-state index in [9.17, 15) is 9.59 Å². The summed E-state index contributed by atoms with van der Waals surface area (Å²) in [6.45, 7) is 1.66. The predicted molar refractivity (Wildman–Crippen MR) is 104 cm³/mol. The van der Waals surface area contributed by atoms with Crippen molar-refractivity contribution in [2.75, 3.05) is 19.5 Å². The van der Waals surface area contributed by atoms with Crippen LogP contribution in [-0.2, 0) is 22.4 Å². The Bertz CT molecular complexity index is 845. The zero-order valence-electron chi connectivity index (χ0n) is 15.7. The number of anilines is 1. The quantitative estimate of drug-likeness (QED) is 0.760. The molecule has 1 N–H and O–H groups in total. The topological polar surface area (TPSA) is 73.9 Å². The van der Waals surface area contributed by atoms with Crippen LogP contribution in [0.15, 0.2) is 24.3 Å².